The van der Waals surface area contributed by atoms with Crippen LogP contribution in [0, 0.1) is 5.82 Å². The Balaban J connectivity index is 2.60. The van der Waals surface area contributed by atoms with E-state index in [-0.39, 0.29) is 18.7 Å². The first-order valence-electron chi connectivity index (χ1n) is 6.28. The number of rotatable bonds is 6. The molecule has 0 aliphatic carbocycles. The third kappa shape index (κ3) is 5.65. The fourth-order valence-corrected chi connectivity index (χ4v) is 1.61. The Kier molecular flexibility index (Phi) is 5.90. The Labute approximate surface area is 117 Å². The number of carbonyl (C=O) groups excluding carboxylic acids is 1. The van der Waals surface area contributed by atoms with Gasteiger partial charge in [-0.25, -0.2) is 9.18 Å². The molecule has 5 heteroatoms. The minimum absolute atomic E-state index is 0.0267. The fourth-order valence-electron chi connectivity index (χ4n) is 1.61. The van der Waals surface area contributed by atoms with E-state index in [0.29, 0.717) is 5.56 Å². The molecule has 2 N–H and O–H groups in total. The zero-order valence-corrected chi connectivity index (χ0v) is 11.5. The number of carboxylic acid groups (broad SMARTS) is 1. The first-order chi connectivity index (χ1) is 9.38. The number of nitrogens with one attached hydrogen (secondary N) is 1. The maximum Gasteiger partial charge on any atom is 0.326 e. The maximum atomic E-state index is 12.7. The van der Waals surface area contributed by atoms with Crippen LogP contribution in [0.4, 0.5) is 4.39 Å². The predicted molar refractivity (Wildman–Crippen MR) is 73.7 cm³/mol. The van der Waals surface area contributed by atoms with Gasteiger partial charge in [0.05, 0.1) is 6.42 Å². The summed E-state index contributed by atoms with van der Waals surface area (Å²) in [5.41, 5.74) is 1.62. The summed E-state index contributed by atoms with van der Waals surface area (Å²) >= 11 is 0. The zero-order valence-electron chi connectivity index (χ0n) is 11.5. The highest BCUT2D eigenvalue weighted by molar-refractivity contribution is 5.84. The van der Waals surface area contributed by atoms with Gasteiger partial charge >= 0.3 is 5.97 Å². The van der Waals surface area contributed by atoms with Crippen molar-refractivity contribution in [2.45, 2.75) is 32.7 Å². The number of hydrogen-bond acceptors (Lipinski definition) is 2. The Morgan fingerprint density at radius 2 is 1.90 bits per heavy atom. The van der Waals surface area contributed by atoms with E-state index in [1.165, 1.54) is 24.3 Å². The van der Waals surface area contributed by atoms with Crippen molar-refractivity contribution in [1.29, 1.82) is 0 Å². The molecule has 20 heavy (non-hydrogen) atoms. The summed E-state index contributed by atoms with van der Waals surface area (Å²) in [5.74, 6) is -1.85. The molecule has 0 fully saturated rings. The van der Waals surface area contributed by atoms with Crippen LogP contribution in [0.5, 0.6) is 0 Å². The molecule has 0 aliphatic heterocycles. The predicted octanol–water partition coefficient (Wildman–Crippen LogP) is 2.29. The van der Waals surface area contributed by atoms with Crippen molar-refractivity contribution in [2.75, 3.05) is 0 Å². The van der Waals surface area contributed by atoms with Crippen LogP contribution in [0.15, 0.2) is 35.9 Å². The lowest BCUT2D eigenvalue weighted by Gasteiger charge is -2.13. The molecule has 1 atom stereocenters. The maximum absolute atomic E-state index is 12.7. The van der Waals surface area contributed by atoms with Crippen molar-refractivity contribution >= 4 is 11.9 Å². The third-order valence-corrected chi connectivity index (χ3v) is 2.67. The standard InChI is InChI=1S/C15H18FNO3/c1-10(2)3-8-13(15(19)20)17-14(18)9-11-4-6-12(16)7-5-11/h3-7,13H,8-9H2,1-2H3,(H,17,18)(H,19,20)/t13-/m1/s1. The number of amides is 1. The molecule has 0 saturated carbocycles. The van der Waals surface area contributed by atoms with Gasteiger partial charge in [0.15, 0.2) is 0 Å². The van der Waals surface area contributed by atoms with Gasteiger partial charge in [0.1, 0.15) is 11.9 Å². The molecule has 0 bridgehead atoms. The van der Waals surface area contributed by atoms with Gasteiger partial charge in [0.2, 0.25) is 5.91 Å². The van der Waals surface area contributed by atoms with Gasteiger partial charge in [-0.2, -0.15) is 0 Å². The molecule has 0 spiro atoms. The van der Waals surface area contributed by atoms with Gasteiger partial charge in [-0.3, -0.25) is 4.79 Å². The van der Waals surface area contributed by atoms with E-state index in [4.69, 9.17) is 5.11 Å². The van der Waals surface area contributed by atoms with Crippen LogP contribution in [-0.4, -0.2) is 23.0 Å². The van der Waals surface area contributed by atoms with E-state index in [0.717, 1.165) is 5.57 Å². The smallest absolute Gasteiger partial charge is 0.326 e. The van der Waals surface area contributed by atoms with Crippen LogP contribution in [0.2, 0.25) is 0 Å². The number of aliphatic carboxylic acids is 1. The van der Waals surface area contributed by atoms with Gasteiger partial charge in [0.25, 0.3) is 0 Å². The van der Waals surface area contributed by atoms with Crippen molar-refractivity contribution in [2.24, 2.45) is 0 Å². The monoisotopic (exact) mass is 279 g/mol. The van der Waals surface area contributed by atoms with E-state index in [1.807, 2.05) is 13.8 Å². The zero-order chi connectivity index (χ0) is 15.1. The van der Waals surface area contributed by atoms with Crippen LogP contribution in [0.3, 0.4) is 0 Å². The Morgan fingerprint density at radius 1 is 1.30 bits per heavy atom. The lowest BCUT2D eigenvalue weighted by Crippen LogP contribution is -2.41. The number of carbonyl (C=O) groups is 2. The molecule has 0 aliphatic rings. The third-order valence-electron chi connectivity index (χ3n) is 2.67. The SMILES string of the molecule is CC(C)=CC[C@@H](NC(=O)Cc1ccc(F)cc1)C(=O)O. The van der Waals surface area contributed by atoms with Crippen molar-refractivity contribution in [3.8, 4) is 0 Å². The molecule has 108 valence electrons. The number of allylic oxidation sites excluding steroid dienone is 1. The highest BCUT2D eigenvalue weighted by Crippen LogP contribution is 2.05. The molecule has 0 radical (unpaired) electrons. The Morgan fingerprint density at radius 3 is 2.40 bits per heavy atom. The van der Waals surface area contributed by atoms with Crippen molar-refractivity contribution < 1.29 is 19.1 Å². The second-order valence-electron chi connectivity index (χ2n) is 4.78. The van der Waals surface area contributed by atoms with Crippen LogP contribution in [-0.2, 0) is 16.0 Å². The average Bonchev–Trinajstić information content (AvgIpc) is 2.36. The summed E-state index contributed by atoms with van der Waals surface area (Å²) in [6.45, 7) is 3.72. The van der Waals surface area contributed by atoms with Crippen molar-refractivity contribution in [1.82, 2.24) is 5.32 Å². The van der Waals surface area contributed by atoms with Gasteiger partial charge < -0.3 is 10.4 Å². The molecule has 1 aromatic carbocycles. The number of hydrogen-bond donors (Lipinski definition) is 2. The highest BCUT2D eigenvalue weighted by atomic mass is 19.1. The van der Waals surface area contributed by atoms with Crippen molar-refractivity contribution in [3.63, 3.8) is 0 Å². The van der Waals surface area contributed by atoms with Crippen LogP contribution >= 0.6 is 0 Å². The number of benzene rings is 1. The summed E-state index contributed by atoms with van der Waals surface area (Å²) in [6, 6.07) is 4.58. The Bertz CT molecular complexity index is 504. The summed E-state index contributed by atoms with van der Waals surface area (Å²) < 4.78 is 12.7. The molecule has 1 amide bonds. The van der Waals surface area contributed by atoms with Gasteiger partial charge in [-0.1, -0.05) is 23.8 Å². The number of halogens is 1. The van der Waals surface area contributed by atoms with Gasteiger partial charge in [-0.15, -0.1) is 0 Å². The molecule has 0 unspecified atom stereocenters. The first-order valence-corrected chi connectivity index (χ1v) is 6.28. The lowest BCUT2D eigenvalue weighted by atomic mass is 10.1. The first kappa shape index (κ1) is 15.9. The second kappa shape index (κ2) is 7.43. The molecule has 1 rings (SSSR count). The second-order valence-corrected chi connectivity index (χ2v) is 4.78. The molecular formula is C15H18FNO3. The molecule has 0 aromatic heterocycles. The van der Waals surface area contributed by atoms with E-state index in [9.17, 15) is 14.0 Å². The van der Waals surface area contributed by atoms with E-state index < -0.39 is 17.9 Å². The molecule has 0 saturated heterocycles. The lowest BCUT2D eigenvalue weighted by molar-refractivity contribution is -0.141. The Hall–Kier alpha value is -2.17. The molecular weight excluding hydrogens is 261 g/mol. The van der Waals surface area contributed by atoms with Gasteiger partial charge in [-0.05, 0) is 38.0 Å². The summed E-state index contributed by atoms with van der Waals surface area (Å²) in [6.07, 6.45) is 2.03. The quantitative estimate of drug-likeness (QED) is 0.785. The average molecular weight is 279 g/mol. The minimum atomic E-state index is -1.07. The van der Waals surface area contributed by atoms with Gasteiger partial charge in [0, 0.05) is 0 Å². The fraction of sp³-hybridized carbons (Fsp3) is 0.333. The molecule has 0 heterocycles. The highest BCUT2D eigenvalue weighted by Gasteiger charge is 2.18. The molecule has 1 aromatic rings. The summed E-state index contributed by atoms with van der Waals surface area (Å²) in [4.78, 5) is 22.8. The normalized spacial score (nSPS) is 11.6. The van der Waals surface area contributed by atoms with Crippen LogP contribution in [0.25, 0.3) is 0 Å². The molecule has 4 nitrogen and oxygen atoms in total. The minimum Gasteiger partial charge on any atom is -0.480 e. The largest absolute Gasteiger partial charge is 0.480 e. The van der Waals surface area contributed by atoms with Crippen LogP contribution in [0.1, 0.15) is 25.8 Å². The van der Waals surface area contributed by atoms with Crippen LogP contribution < -0.4 is 5.32 Å². The van der Waals surface area contributed by atoms with Crippen molar-refractivity contribution in [3.05, 3.63) is 47.3 Å². The van der Waals surface area contributed by atoms with E-state index in [2.05, 4.69) is 5.32 Å². The topological polar surface area (TPSA) is 66.4 Å². The van der Waals surface area contributed by atoms with E-state index >= 15 is 0 Å². The van der Waals surface area contributed by atoms with E-state index in [1.54, 1.807) is 6.08 Å². The summed E-state index contributed by atoms with van der Waals surface area (Å²) in [7, 11) is 0. The summed E-state index contributed by atoms with van der Waals surface area (Å²) in [5, 5.41) is 11.5. The number of carboxylic acids is 1.